The van der Waals surface area contributed by atoms with Crippen LogP contribution in [0.5, 0.6) is 0 Å². The van der Waals surface area contributed by atoms with Gasteiger partial charge in [0, 0.05) is 17.2 Å². The smallest absolute Gasteiger partial charge is 0.257 e. The molecule has 108 valence electrons. The molecule has 1 saturated heterocycles. The van der Waals surface area contributed by atoms with Gasteiger partial charge in [-0.2, -0.15) is 0 Å². The first-order valence-electron chi connectivity index (χ1n) is 6.63. The number of carbonyl (C=O) groups is 1. The lowest BCUT2D eigenvalue weighted by atomic mass is 10.2. The number of hydrogen-bond acceptors (Lipinski definition) is 3. The summed E-state index contributed by atoms with van der Waals surface area (Å²) < 4.78 is 0.526. The molecular formula is C16H14ClNOS2. The van der Waals surface area contributed by atoms with Gasteiger partial charge in [0.25, 0.3) is 5.91 Å². The fourth-order valence-electron chi connectivity index (χ4n) is 2.12. The maximum Gasteiger partial charge on any atom is 0.257 e. The first-order chi connectivity index (χ1) is 10.2. The molecule has 21 heavy (non-hydrogen) atoms. The number of rotatable bonds is 3. The molecule has 0 bridgehead atoms. The van der Waals surface area contributed by atoms with Crippen molar-refractivity contribution in [2.45, 2.75) is 4.58 Å². The Morgan fingerprint density at radius 2 is 1.71 bits per heavy atom. The lowest BCUT2D eigenvalue weighted by molar-refractivity contribution is 0.102. The van der Waals surface area contributed by atoms with Gasteiger partial charge in [0.1, 0.15) is 0 Å². The van der Waals surface area contributed by atoms with E-state index in [0.717, 1.165) is 5.69 Å². The normalized spacial score (nSPS) is 15.1. The van der Waals surface area contributed by atoms with Crippen LogP contribution in [-0.4, -0.2) is 17.4 Å². The third-order valence-electron chi connectivity index (χ3n) is 3.18. The zero-order valence-electron chi connectivity index (χ0n) is 11.2. The number of anilines is 1. The van der Waals surface area contributed by atoms with E-state index in [9.17, 15) is 4.79 Å². The Balaban J connectivity index is 1.70. The second-order valence-corrected chi connectivity index (χ2v) is 7.76. The molecule has 0 spiro atoms. The van der Waals surface area contributed by atoms with E-state index in [2.05, 4.69) is 17.4 Å². The van der Waals surface area contributed by atoms with Crippen molar-refractivity contribution in [1.29, 1.82) is 0 Å². The molecule has 2 aromatic carbocycles. The highest BCUT2D eigenvalue weighted by molar-refractivity contribution is 8.19. The summed E-state index contributed by atoms with van der Waals surface area (Å²) in [6.45, 7) is 0. The van der Waals surface area contributed by atoms with Gasteiger partial charge in [-0.25, -0.2) is 0 Å². The van der Waals surface area contributed by atoms with Gasteiger partial charge in [-0.15, -0.1) is 23.5 Å². The van der Waals surface area contributed by atoms with Crippen molar-refractivity contribution >= 4 is 46.7 Å². The first-order valence-corrected chi connectivity index (χ1v) is 9.10. The Hall–Kier alpha value is -1.10. The molecule has 1 aliphatic heterocycles. The number of benzene rings is 2. The topological polar surface area (TPSA) is 29.1 Å². The molecule has 5 heteroatoms. The molecule has 1 N–H and O–H groups in total. The van der Waals surface area contributed by atoms with E-state index >= 15 is 0 Å². The second-order valence-electron chi connectivity index (χ2n) is 4.63. The van der Waals surface area contributed by atoms with E-state index in [-0.39, 0.29) is 5.91 Å². The Morgan fingerprint density at radius 1 is 1.05 bits per heavy atom. The minimum atomic E-state index is -0.182. The number of halogens is 1. The number of nitrogens with one attached hydrogen (secondary N) is 1. The summed E-state index contributed by atoms with van der Waals surface area (Å²) in [5, 5.41) is 3.34. The largest absolute Gasteiger partial charge is 0.322 e. The summed E-state index contributed by atoms with van der Waals surface area (Å²) in [7, 11) is 0. The second kappa shape index (κ2) is 6.77. The van der Waals surface area contributed by atoms with Gasteiger partial charge in [0.05, 0.1) is 15.2 Å². The summed E-state index contributed by atoms with van der Waals surface area (Å²) in [6.07, 6.45) is 0. The standard InChI is InChI=1S/C16H14ClNOS2/c17-14-4-2-1-3-13(14)15(19)18-12-7-5-11(6-8-12)16-20-9-10-21-16/h1-8,16H,9-10H2,(H,18,19). The van der Waals surface area contributed by atoms with Gasteiger partial charge in [0.15, 0.2) is 0 Å². The highest BCUT2D eigenvalue weighted by atomic mass is 35.5. The summed E-state index contributed by atoms with van der Waals surface area (Å²) in [4.78, 5) is 12.2. The molecule has 2 aromatic rings. The molecular weight excluding hydrogens is 322 g/mol. The van der Waals surface area contributed by atoms with Crippen LogP contribution >= 0.6 is 35.1 Å². The van der Waals surface area contributed by atoms with Crippen LogP contribution in [0.15, 0.2) is 48.5 Å². The van der Waals surface area contributed by atoms with E-state index in [1.165, 1.54) is 17.1 Å². The third kappa shape index (κ3) is 3.57. The van der Waals surface area contributed by atoms with Crippen molar-refractivity contribution in [3.8, 4) is 0 Å². The van der Waals surface area contributed by atoms with E-state index in [4.69, 9.17) is 11.6 Å². The van der Waals surface area contributed by atoms with Crippen molar-refractivity contribution in [2.24, 2.45) is 0 Å². The molecule has 0 saturated carbocycles. The van der Waals surface area contributed by atoms with Crippen LogP contribution in [0.3, 0.4) is 0 Å². The predicted octanol–water partition coefficient (Wildman–Crippen LogP) is 5.07. The Labute approximate surface area is 137 Å². The summed E-state index contributed by atoms with van der Waals surface area (Å²) >= 11 is 9.97. The summed E-state index contributed by atoms with van der Waals surface area (Å²) in [6, 6.07) is 15.1. The Bertz CT molecular complexity index is 639. The van der Waals surface area contributed by atoms with Crippen LogP contribution in [0.2, 0.25) is 5.02 Å². The van der Waals surface area contributed by atoms with Crippen molar-refractivity contribution in [1.82, 2.24) is 0 Å². The fraction of sp³-hybridized carbons (Fsp3) is 0.188. The molecule has 2 nitrogen and oxygen atoms in total. The maximum atomic E-state index is 12.2. The van der Waals surface area contributed by atoms with Gasteiger partial charge >= 0.3 is 0 Å². The molecule has 1 aliphatic rings. The van der Waals surface area contributed by atoms with Crippen LogP contribution in [0.25, 0.3) is 0 Å². The van der Waals surface area contributed by atoms with E-state index in [0.29, 0.717) is 15.2 Å². The van der Waals surface area contributed by atoms with Crippen molar-refractivity contribution < 1.29 is 4.79 Å². The quantitative estimate of drug-likeness (QED) is 0.849. The molecule has 0 radical (unpaired) electrons. The highest BCUT2D eigenvalue weighted by Gasteiger charge is 2.18. The summed E-state index contributed by atoms with van der Waals surface area (Å²) in [5.41, 5.74) is 2.58. The molecule has 1 amide bonds. The minimum Gasteiger partial charge on any atom is -0.322 e. The molecule has 0 unspecified atom stereocenters. The van der Waals surface area contributed by atoms with Crippen molar-refractivity contribution in [3.05, 3.63) is 64.7 Å². The van der Waals surface area contributed by atoms with Crippen LogP contribution in [0.1, 0.15) is 20.5 Å². The van der Waals surface area contributed by atoms with Crippen molar-refractivity contribution in [3.63, 3.8) is 0 Å². The van der Waals surface area contributed by atoms with E-state index in [1.54, 1.807) is 18.2 Å². The number of thioether (sulfide) groups is 2. The number of amides is 1. The SMILES string of the molecule is O=C(Nc1ccc(C2SCCS2)cc1)c1ccccc1Cl. The zero-order valence-corrected chi connectivity index (χ0v) is 13.6. The molecule has 1 fully saturated rings. The predicted molar refractivity (Wildman–Crippen MR) is 93.5 cm³/mol. The van der Waals surface area contributed by atoms with Gasteiger partial charge in [-0.1, -0.05) is 35.9 Å². The lowest BCUT2D eigenvalue weighted by Crippen LogP contribution is -2.12. The highest BCUT2D eigenvalue weighted by Crippen LogP contribution is 2.45. The molecule has 1 heterocycles. The molecule has 0 atom stereocenters. The monoisotopic (exact) mass is 335 g/mol. The molecule has 0 aliphatic carbocycles. The Kier molecular flexibility index (Phi) is 4.78. The third-order valence-corrected chi connectivity index (χ3v) is 6.61. The number of hydrogen-bond donors (Lipinski definition) is 1. The fourth-order valence-corrected chi connectivity index (χ4v) is 5.20. The molecule has 0 aromatic heterocycles. The van der Waals surface area contributed by atoms with Gasteiger partial charge < -0.3 is 5.32 Å². The van der Waals surface area contributed by atoms with Crippen LogP contribution in [0.4, 0.5) is 5.69 Å². The van der Waals surface area contributed by atoms with Gasteiger partial charge in [-0.3, -0.25) is 4.79 Å². The average Bonchev–Trinajstić information content (AvgIpc) is 3.02. The van der Waals surface area contributed by atoms with Crippen LogP contribution < -0.4 is 5.32 Å². The zero-order chi connectivity index (χ0) is 14.7. The van der Waals surface area contributed by atoms with Crippen LogP contribution in [-0.2, 0) is 0 Å². The summed E-state index contributed by atoms with van der Waals surface area (Å²) in [5.74, 6) is 2.23. The molecule has 3 rings (SSSR count). The maximum absolute atomic E-state index is 12.2. The van der Waals surface area contributed by atoms with Gasteiger partial charge in [0.2, 0.25) is 0 Å². The Morgan fingerprint density at radius 3 is 2.38 bits per heavy atom. The van der Waals surface area contributed by atoms with E-state index < -0.39 is 0 Å². The minimum absolute atomic E-state index is 0.182. The van der Waals surface area contributed by atoms with E-state index in [1.807, 2.05) is 41.7 Å². The first kappa shape index (κ1) is 14.8. The average molecular weight is 336 g/mol. The van der Waals surface area contributed by atoms with Crippen LogP contribution in [0, 0.1) is 0 Å². The van der Waals surface area contributed by atoms with Gasteiger partial charge in [-0.05, 0) is 29.8 Å². The van der Waals surface area contributed by atoms with Crippen molar-refractivity contribution in [2.75, 3.05) is 16.8 Å². The number of carbonyl (C=O) groups excluding carboxylic acids is 1. The lowest BCUT2D eigenvalue weighted by Gasteiger charge is -2.10.